The van der Waals surface area contributed by atoms with Crippen LogP contribution in [0.4, 0.5) is 8.78 Å². The first kappa shape index (κ1) is 9.64. The number of carboxylic acid groups (broad SMARTS) is 1. The van der Waals surface area contributed by atoms with Gasteiger partial charge >= 0.3 is 5.97 Å². The lowest BCUT2D eigenvalue weighted by Gasteiger charge is -2.05. The molecule has 1 aromatic rings. The molecule has 4 heteroatoms. The molecule has 0 spiro atoms. The lowest BCUT2D eigenvalue weighted by Crippen LogP contribution is -2.05. The maximum Gasteiger partial charge on any atom is 0.336 e. The number of carbonyl (C=O) groups is 1. The monoisotopic (exact) mass is 186 g/mol. The quantitative estimate of drug-likeness (QED) is 0.786. The van der Waals surface area contributed by atoms with Crippen molar-refractivity contribution in [2.75, 3.05) is 0 Å². The average Bonchev–Trinajstić information content (AvgIpc) is 2.16. The second-order valence-electron chi connectivity index (χ2n) is 2.52. The van der Waals surface area contributed by atoms with Gasteiger partial charge in [0.2, 0.25) is 0 Å². The van der Waals surface area contributed by atoms with E-state index in [0.717, 1.165) is 0 Å². The molecular formula is C9H8F2O2. The van der Waals surface area contributed by atoms with Gasteiger partial charge in [-0.2, -0.15) is 0 Å². The first-order valence-corrected chi connectivity index (χ1v) is 3.66. The van der Waals surface area contributed by atoms with Crippen LogP contribution in [0.1, 0.15) is 21.5 Å². The maximum atomic E-state index is 12.3. The molecule has 0 amide bonds. The van der Waals surface area contributed by atoms with Crippen molar-refractivity contribution < 1.29 is 18.7 Å². The number of rotatable bonds is 3. The number of alkyl halides is 2. The molecule has 0 bridgehead atoms. The van der Waals surface area contributed by atoms with Gasteiger partial charge in [0.25, 0.3) is 0 Å². The highest BCUT2D eigenvalue weighted by atomic mass is 19.1. The molecule has 0 saturated carbocycles. The van der Waals surface area contributed by atoms with Gasteiger partial charge in [-0.3, -0.25) is 0 Å². The molecule has 0 unspecified atom stereocenters. The van der Waals surface area contributed by atoms with Crippen LogP contribution in [0.5, 0.6) is 0 Å². The Balaban J connectivity index is 3.29. The van der Waals surface area contributed by atoms with Crippen molar-refractivity contribution >= 4 is 5.97 Å². The summed E-state index contributed by atoms with van der Waals surface area (Å²) in [5.74, 6) is -1.29. The number of carboxylic acids is 1. The van der Waals surface area contributed by atoms with Crippen LogP contribution in [0.25, 0.3) is 0 Å². The molecule has 0 radical (unpaired) electrons. The Morgan fingerprint density at radius 3 is 2.00 bits per heavy atom. The maximum absolute atomic E-state index is 12.3. The number of halogens is 2. The Labute approximate surface area is 73.8 Å². The molecular weight excluding hydrogens is 178 g/mol. The number of hydrogen-bond donors (Lipinski definition) is 1. The van der Waals surface area contributed by atoms with Crippen molar-refractivity contribution in [1.82, 2.24) is 0 Å². The minimum absolute atomic E-state index is 0.0163. The topological polar surface area (TPSA) is 37.3 Å². The van der Waals surface area contributed by atoms with E-state index in [1.165, 1.54) is 18.2 Å². The highest BCUT2D eigenvalue weighted by molar-refractivity contribution is 5.91. The fraction of sp³-hybridized carbons (Fsp3) is 0.222. The molecule has 0 aliphatic rings. The van der Waals surface area contributed by atoms with Crippen molar-refractivity contribution in [2.24, 2.45) is 0 Å². The Kier molecular flexibility index (Phi) is 2.95. The summed E-state index contributed by atoms with van der Waals surface area (Å²) in [7, 11) is 0. The summed E-state index contributed by atoms with van der Waals surface area (Å²) in [5.41, 5.74) is -0.224. The average molecular weight is 186 g/mol. The number of hydrogen-bond acceptors (Lipinski definition) is 1. The molecule has 70 valence electrons. The summed E-state index contributed by atoms with van der Waals surface area (Å²) in [6.07, 6.45) is 0. The van der Waals surface area contributed by atoms with E-state index in [9.17, 15) is 13.6 Å². The molecule has 0 aromatic heterocycles. The van der Waals surface area contributed by atoms with E-state index in [1.54, 1.807) is 0 Å². The number of aromatic carboxylic acids is 1. The van der Waals surface area contributed by atoms with Gasteiger partial charge in [-0.1, -0.05) is 18.2 Å². The summed E-state index contributed by atoms with van der Waals surface area (Å²) in [4.78, 5) is 10.6. The van der Waals surface area contributed by atoms with Crippen LogP contribution in [0.15, 0.2) is 18.2 Å². The third-order valence-electron chi connectivity index (χ3n) is 1.74. The molecule has 1 aromatic carbocycles. The molecule has 0 aliphatic heterocycles. The summed E-state index contributed by atoms with van der Waals surface area (Å²) in [6, 6.07) is 4.11. The van der Waals surface area contributed by atoms with Gasteiger partial charge in [-0.25, -0.2) is 13.6 Å². The van der Waals surface area contributed by atoms with Crippen LogP contribution in [0, 0.1) is 0 Å². The van der Waals surface area contributed by atoms with Crippen LogP contribution >= 0.6 is 0 Å². The molecule has 1 N–H and O–H groups in total. The smallest absolute Gasteiger partial charge is 0.336 e. The van der Waals surface area contributed by atoms with Gasteiger partial charge in [-0.05, 0) is 11.1 Å². The third kappa shape index (κ3) is 1.83. The van der Waals surface area contributed by atoms with Crippen molar-refractivity contribution in [3.8, 4) is 0 Å². The molecule has 2 nitrogen and oxygen atoms in total. The lowest BCUT2D eigenvalue weighted by molar-refractivity contribution is 0.0692. The van der Waals surface area contributed by atoms with Gasteiger partial charge in [0.15, 0.2) is 0 Å². The minimum Gasteiger partial charge on any atom is -0.478 e. The highest BCUT2D eigenvalue weighted by Gasteiger charge is 2.14. The molecule has 0 fully saturated rings. The molecule has 0 aliphatic carbocycles. The molecule has 13 heavy (non-hydrogen) atoms. The minimum atomic E-state index is -1.29. The Morgan fingerprint density at radius 1 is 1.23 bits per heavy atom. The zero-order valence-electron chi connectivity index (χ0n) is 6.76. The molecule has 0 atom stereocenters. The SMILES string of the molecule is O=C(O)c1c(CF)cccc1CF. The first-order valence-electron chi connectivity index (χ1n) is 3.66. The Hall–Kier alpha value is -1.45. The third-order valence-corrected chi connectivity index (χ3v) is 1.74. The first-order chi connectivity index (χ1) is 6.20. The van der Waals surface area contributed by atoms with Crippen molar-refractivity contribution in [3.05, 3.63) is 34.9 Å². The fourth-order valence-electron chi connectivity index (χ4n) is 1.15. The van der Waals surface area contributed by atoms with E-state index in [1.807, 2.05) is 0 Å². The van der Waals surface area contributed by atoms with E-state index in [4.69, 9.17) is 5.11 Å². The van der Waals surface area contributed by atoms with E-state index in [-0.39, 0.29) is 16.7 Å². The van der Waals surface area contributed by atoms with E-state index < -0.39 is 19.3 Å². The second kappa shape index (κ2) is 3.98. The summed E-state index contributed by atoms with van der Waals surface area (Å²) in [6.45, 7) is -1.79. The van der Waals surface area contributed by atoms with Crippen molar-refractivity contribution in [3.63, 3.8) is 0 Å². The zero-order valence-corrected chi connectivity index (χ0v) is 6.76. The largest absolute Gasteiger partial charge is 0.478 e. The van der Waals surface area contributed by atoms with Crippen LogP contribution in [0.2, 0.25) is 0 Å². The normalized spacial score (nSPS) is 10.0. The summed E-state index contributed by atoms with van der Waals surface area (Å²) in [5, 5.41) is 8.68. The predicted molar refractivity (Wildman–Crippen MR) is 43.0 cm³/mol. The van der Waals surface area contributed by atoms with Crippen LogP contribution in [0.3, 0.4) is 0 Å². The lowest BCUT2D eigenvalue weighted by atomic mass is 10.0. The standard InChI is InChI=1S/C9H8F2O2/c10-4-6-2-1-3-7(5-11)8(6)9(12)13/h1-3H,4-5H2,(H,12,13). The van der Waals surface area contributed by atoms with Crippen LogP contribution < -0.4 is 0 Å². The van der Waals surface area contributed by atoms with Crippen LogP contribution in [-0.2, 0) is 13.3 Å². The zero-order chi connectivity index (χ0) is 9.84. The van der Waals surface area contributed by atoms with Gasteiger partial charge in [0.1, 0.15) is 13.3 Å². The van der Waals surface area contributed by atoms with Gasteiger partial charge in [0, 0.05) is 0 Å². The van der Waals surface area contributed by atoms with Crippen molar-refractivity contribution in [2.45, 2.75) is 13.3 Å². The Bertz CT molecular complexity index is 301. The molecule has 0 saturated heterocycles. The van der Waals surface area contributed by atoms with E-state index >= 15 is 0 Å². The van der Waals surface area contributed by atoms with E-state index in [2.05, 4.69) is 0 Å². The molecule has 1 rings (SSSR count). The second-order valence-corrected chi connectivity index (χ2v) is 2.52. The van der Waals surface area contributed by atoms with E-state index in [0.29, 0.717) is 0 Å². The number of benzene rings is 1. The fourth-order valence-corrected chi connectivity index (χ4v) is 1.15. The predicted octanol–water partition coefficient (Wildman–Crippen LogP) is 2.32. The van der Waals surface area contributed by atoms with Gasteiger partial charge < -0.3 is 5.11 Å². The Morgan fingerprint density at radius 2 is 1.69 bits per heavy atom. The summed E-state index contributed by atoms with van der Waals surface area (Å²) < 4.78 is 24.6. The van der Waals surface area contributed by atoms with Gasteiger partial charge in [0.05, 0.1) is 5.56 Å². The highest BCUT2D eigenvalue weighted by Crippen LogP contribution is 2.17. The van der Waals surface area contributed by atoms with Crippen LogP contribution in [-0.4, -0.2) is 11.1 Å². The molecule has 0 heterocycles. The van der Waals surface area contributed by atoms with Crippen molar-refractivity contribution in [1.29, 1.82) is 0 Å². The van der Waals surface area contributed by atoms with Gasteiger partial charge in [-0.15, -0.1) is 0 Å². The summed E-state index contributed by atoms with van der Waals surface area (Å²) >= 11 is 0.